The van der Waals surface area contributed by atoms with Gasteiger partial charge in [0.15, 0.2) is 0 Å². The Bertz CT molecular complexity index is 502. The summed E-state index contributed by atoms with van der Waals surface area (Å²) in [6.45, 7) is 3.05. The first-order valence-corrected chi connectivity index (χ1v) is 7.87. The number of piperidine rings is 1. The summed E-state index contributed by atoms with van der Waals surface area (Å²) >= 11 is 0. The van der Waals surface area contributed by atoms with Gasteiger partial charge in [-0.25, -0.2) is 0 Å². The molecule has 1 atom stereocenters. The van der Waals surface area contributed by atoms with Gasteiger partial charge < -0.3 is 15.5 Å². The molecule has 1 aromatic rings. The van der Waals surface area contributed by atoms with Crippen molar-refractivity contribution < 1.29 is 9.59 Å². The Hall–Kier alpha value is -1.59. The predicted molar refractivity (Wildman–Crippen MR) is 93.5 cm³/mol. The van der Waals surface area contributed by atoms with E-state index in [1.807, 2.05) is 42.3 Å². The Kier molecular flexibility index (Phi) is 8.06. The summed E-state index contributed by atoms with van der Waals surface area (Å²) in [4.78, 5) is 25.8. The molecule has 23 heavy (non-hydrogen) atoms. The van der Waals surface area contributed by atoms with E-state index in [0.29, 0.717) is 12.5 Å². The maximum absolute atomic E-state index is 12.5. The molecule has 0 saturated carbocycles. The van der Waals surface area contributed by atoms with Gasteiger partial charge in [0.25, 0.3) is 0 Å². The zero-order valence-corrected chi connectivity index (χ0v) is 14.6. The maximum atomic E-state index is 12.5. The molecule has 1 aliphatic heterocycles. The molecule has 0 aliphatic carbocycles. The van der Waals surface area contributed by atoms with Crippen LogP contribution in [0.2, 0.25) is 0 Å². The highest BCUT2D eigenvalue weighted by molar-refractivity contribution is 5.85. The molecule has 2 N–H and O–H groups in total. The number of carbonyl (C=O) groups is 2. The van der Waals surface area contributed by atoms with E-state index in [2.05, 4.69) is 10.6 Å². The highest BCUT2D eigenvalue weighted by atomic mass is 35.5. The monoisotopic (exact) mass is 339 g/mol. The number of rotatable bonds is 5. The lowest BCUT2D eigenvalue weighted by molar-refractivity contribution is -0.133. The number of benzene rings is 1. The molecule has 0 aromatic heterocycles. The molecule has 128 valence electrons. The molecule has 0 bridgehead atoms. The summed E-state index contributed by atoms with van der Waals surface area (Å²) in [6.07, 6.45) is 2.28. The predicted octanol–water partition coefficient (Wildman–Crippen LogP) is 1.89. The first kappa shape index (κ1) is 19.5. The Morgan fingerprint density at radius 3 is 2.35 bits per heavy atom. The van der Waals surface area contributed by atoms with Gasteiger partial charge in [-0.1, -0.05) is 30.3 Å². The second-order valence-corrected chi connectivity index (χ2v) is 5.81. The first-order valence-electron chi connectivity index (χ1n) is 7.87. The van der Waals surface area contributed by atoms with Crippen molar-refractivity contribution in [2.24, 2.45) is 0 Å². The Morgan fingerprint density at radius 1 is 1.22 bits per heavy atom. The minimum atomic E-state index is -0.256. The van der Waals surface area contributed by atoms with Crippen molar-refractivity contribution in [2.75, 3.05) is 20.1 Å². The Morgan fingerprint density at radius 2 is 1.83 bits per heavy atom. The fraction of sp³-hybridized carbons (Fsp3) is 0.529. The molecule has 1 heterocycles. The van der Waals surface area contributed by atoms with Gasteiger partial charge in [-0.05, 0) is 25.5 Å². The van der Waals surface area contributed by atoms with E-state index >= 15 is 0 Å². The molecule has 2 amide bonds. The number of hydrogen-bond acceptors (Lipinski definition) is 3. The summed E-state index contributed by atoms with van der Waals surface area (Å²) in [5.41, 5.74) is 0.969. The minimum absolute atomic E-state index is 0. The van der Waals surface area contributed by atoms with Crippen LogP contribution in [0.15, 0.2) is 30.3 Å². The summed E-state index contributed by atoms with van der Waals surface area (Å²) in [7, 11) is 1.96. The van der Waals surface area contributed by atoms with Crippen LogP contribution >= 0.6 is 12.4 Å². The van der Waals surface area contributed by atoms with Crippen LogP contribution in [0.4, 0.5) is 0 Å². The Balaban J connectivity index is 0.00000264. The zero-order chi connectivity index (χ0) is 15.9. The van der Waals surface area contributed by atoms with Gasteiger partial charge in [-0.15, -0.1) is 12.4 Å². The van der Waals surface area contributed by atoms with Crippen LogP contribution in [0.25, 0.3) is 0 Å². The van der Waals surface area contributed by atoms with Crippen LogP contribution in [-0.4, -0.2) is 42.9 Å². The molecule has 5 nitrogen and oxygen atoms in total. The van der Waals surface area contributed by atoms with Crippen molar-refractivity contribution in [3.8, 4) is 0 Å². The van der Waals surface area contributed by atoms with Gasteiger partial charge in [0, 0.05) is 26.1 Å². The van der Waals surface area contributed by atoms with E-state index in [9.17, 15) is 9.59 Å². The summed E-state index contributed by atoms with van der Waals surface area (Å²) in [5, 5.41) is 6.15. The summed E-state index contributed by atoms with van der Waals surface area (Å²) < 4.78 is 0. The third-order valence-corrected chi connectivity index (χ3v) is 4.21. The molecule has 1 aliphatic rings. The summed E-state index contributed by atoms with van der Waals surface area (Å²) in [6, 6.07) is 9.92. The van der Waals surface area contributed by atoms with Crippen LogP contribution < -0.4 is 10.6 Å². The molecule has 1 saturated heterocycles. The zero-order valence-electron chi connectivity index (χ0n) is 13.7. The second kappa shape index (κ2) is 9.53. The lowest BCUT2D eigenvalue weighted by atomic mass is 10.0. The number of nitrogens with zero attached hydrogens (tertiary/aromatic N) is 1. The van der Waals surface area contributed by atoms with Crippen molar-refractivity contribution in [3.63, 3.8) is 0 Å². The fourth-order valence-corrected chi connectivity index (χ4v) is 2.90. The molecule has 1 fully saturated rings. The van der Waals surface area contributed by atoms with Gasteiger partial charge in [-0.3, -0.25) is 9.59 Å². The number of carbonyl (C=O) groups excluding carboxylic acids is 2. The molecular weight excluding hydrogens is 314 g/mol. The van der Waals surface area contributed by atoms with Crippen LogP contribution in [0.5, 0.6) is 0 Å². The first-order chi connectivity index (χ1) is 10.6. The molecule has 6 heteroatoms. The van der Waals surface area contributed by atoms with Crippen molar-refractivity contribution in [2.45, 2.75) is 38.3 Å². The topological polar surface area (TPSA) is 61.4 Å². The third kappa shape index (κ3) is 5.84. The van der Waals surface area contributed by atoms with Gasteiger partial charge in [0.05, 0.1) is 12.5 Å². The molecule has 2 rings (SSSR count). The third-order valence-electron chi connectivity index (χ3n) is 4.21. The number of likely N-dealkylation sites (tertiary alicyclic amines) is 1. The lowest BCUT2D eigenvalue weighted by Gasteiger charge is -2.33. The van der Waals surface area contributed by atoms with E-state index in [1.54, 1.807) is 0 Å². The van der Waals surface area contributed by atoms with Crippen molar-refractivity contribution in [3.05, 3.63) is 35.9 Å². The maximum Gasteiger partial charge on any atom is 0.224 e. The number of halogens is 1. The van der Waals surface area contributed by atoms with E-state index in [4.69, 9.17) is 0 Å². The van der Waals surface area contributed by atoms with Gasteiger partial charge in [0.2, 0.25) is 11.8 Å². The lowest BCUT2D eigenvalue weighted by Crippen LogP contribution is -2.45. The molecule has 1 aromatic carbocycles. The summed E-state index contributed by atoms with van der Waals surface area (Å²) in [5.74, 6) is -0.00676. The van der Waals surface area contributed by atoms with E-state index in [-0.39, 0.29) is 30.3 Å². The van der Waals surface area contributed by atoms with E-state index in [0.717, 1.165) is 31.5 Å². The van der Waals surface area contributed by atoms with Gasteiger partial charge in [-0.2, -0.15) is 0 Å². The highest BCUT2D eigenvalue weighted by Crippen LogP contribution is 2.19. The van der Waals surface area contributed by atoms with E-state index < -0.39 is 0 Å². The van der Waals surface area contributed by atoms with Crippen LogP contribution in [0.3, 0.4) is 0 Å². The highest BCUT2D eigenvalue weighted by Gasteiger charge is 2.25. The second-order valence-electron chi connectivity index (χ2n) is 5.81. The SMILES string of the molecule is CNC1CCN(C(=O)CC(NC(C)=O)c2ccccc2)CC1.Cl. The molecule has 0 spiro atoms. The molecule has 1 unspecified atom stereocenters. The number of hydrogen-bond donors (Lipinski definition) is 2. The van der Waals surface area contributed by atoms with Crippen LogP contribution in [0, 0.1) is 0 Å². The minimum Gasteiger partial charge on any atom is -0.349 e. The standard InChI is InChI=1S/C17H25N3O2.ClH/c1-13(21)19-16(14-6-4-3-5-7-14)12-17(22)20-10-8-15(18-2)9-11-20;/h3-7,15-16,18H,8-12H2,1-2H3,(H,19,21);1H. The van der Waals surface area contributed by atoms with Crippen molar-refractivity contribution >= 4 is 24.2 Å². The Labute approximate surface area is 144 Å². The quantitative estimate of drug-likeness (QED) is 0.861. The largest absolute Gasteiger partial charge is 0.349 e. The number of nitrogens with one attached hydrogen (secondary N) is 2. The molecular formula is C17H26ClN3O2. The molecule has 0 radical (unpaired) electrons. The fourth-order valence-electron chi connectivity index (χ4n) is 2.90. The van der Waals surface area contributed by atoms with E-state index in [1.165, 1.54) is 6.92 Å². The smallest absolute Gasteiger partial charge is 0.224 e. The van der Waals surface area contributed by atoms with Crippen molar-refractivity contribution in [1.29, 1.82) is 0 Å². The average molecular weight is 340 g/mol. The van der Waals surface area contributed by atoms with Crippen LogP contribution in [0.1, 0.15) is 37.8 Å². The normalized spacial score (nSPS) is 16.3. The number of amides is 2. The van der Waals surface area contributed by atoms with Gasteiger partial charge in [0.1, 0.15) is 0 Å². The van der Waals surface area contributed by atoms with Crippen molar-refractivity contribution in [1.82, 2.24) is 15.5 Å². The average Bonchev–Trinajstić information content (AvgIpc) is 2.54. The van der Waals surface area contributed by atoms with Crippen LogP contribution in [-0.2, 0) is 9.59 Å². The van der Waals surface area contributed by atoms with Gasteiger partial charge >= 0.3 is 0 Å².